The highest BCUT2D eigenvalue weighted by atomic mass is 16.5. The average Bonchev–Trinajstić information content (AvgIpc) is 3.04. The van der Waals surface area contributed by atoms with Crippen LogP contribution in [-0.4, -0.2) is 37.9 Å². The topological polar surface area (TPSA) is 90.1 Å². The highest BCUT2D eigenvalue weighted by Gasteiger charge is 2.38. The minimum Gasteiger partial charge on any atom is -0.492 e. The Morgan fingerprint density at radius 2 is 2.20 bits per heavy atom. The lowest BCUT2D eigenvalue weighted by atomic mass is 9.98. The van der Waals surface area contributed by atoms with Gasteiger partial charge in [-0.1, -0.05) is 18.2 Å². The molecule has 0 saturated heterocycles. The van der Waals surface area contributed by atoms with Gasteiger partial charge in [-0.25, -0.2) is 9.48 Å². The number of ether oxygens (including phenoxy) is 1. The van der Waals surface area contributed by atoms with Gasteiger partial charge in [0.15, 0.2) is 11.4 Å². The third kappa shape index (κ3) is 1.74. The quantitative estimate of drug-likeness (QED) is 0.898. The van der Waals surface area contributed by atoms with Gasteiger partial charge < -0.3 is 9.84 Å². The maximum atomic E-state index is 11.4. The lowest BCUT2D eigenvalue weighted by Crippen LogP contribution is -2.38. The zero-order chi connectivity index (χ0) is 14.3. The second kappa shape index (κ2) is 4.29. The normalized spacial score (nSPS) is 17.6. The zero-order valence-corrected chi connectivity index (χ0v) is 11.1. The zero-order valence-electron chi connectivity index (χ0n) is 11.1. The number of fused-ring (bicyclic) bond motifs is 1. The number of aromatic nitrogens is 4. The molecule has 1 unspecified atom stereocenters. The van der Waals surface area contributed by atoms with Gasteiger partial charge in [0.05, 0.1) is 5.92 Å². The van der Waals surface area contributed by atoms with Crippen LogP contribution < -0.4 is 4.74 Å². The van der Waals surface area contributed by atoms with Crippen LogP contribution in [0.15, 0.2) is 24.3 Å². The Hall–Kier alpha value is -2.44. The predicted molar refractivity (Wildman–Crippen MR) is 68.6 cm³/mol. The van der Waals surface area contributed by atoms with Crippen molar-refractivity contribution in [3.8, 4) is 5.75 Å². The summed E-state index contributed by atoms with van der Waals surface area (Å²) in [6, 6.07) is 7.63. The van der Waals surface area contributed by atoms with E-state index in [4.69, 9.17) is 4.74 Å². The first-order chi connectivity index (χ1) is 9.51. The van der Waals surface area contributed by atoms with Crippen LogP contribution in [0.3, 0.4) is 0 Å². The van der Waals surface area contributed by atoms with E-state index in [1.54, 1.807) is 13.8 Å². The summed E-state index contributed by atoms with van der Waals surface area (Å²) in [5, 5.41) is 20.8. The molecule has 3 rings (SSSR count). The fourth-order valence-corrected chi connectivity index (χ4v) is 2.28. The van der Waals surface area contributed by atoms with E-state index in [0.29, 0.717) is 12.4 Å². The van der Waals surface area contributed by atoms with Crippen molar-refractivity contribution in [3.63, 3.8) is 0 Å². The van der Waals surface area contributed by atoms with Gasteiger partial charge in [0.1, 0.15) is 12.4 Å². The van der Waals surface area contributed by atoms with Gasteiger partial charge in [-0.2, -0.15) is 0 Å². The number of nitrogens with zero attached hydrogens (tertiary/aromatic N) is 4. The van der Waals surface area contributed by atoms with Crippen molar-refractivity contribution in [3.05, 3.63) is 35.7 Å². The molecule has 0 saturated carbocycles. The van der Waals surface area contributed by atoms with Gasteiger partial charge in [-0.05, 0) is 30.3 Å². The van der Waals surface area contributed by atoms with Crippen molar-refractivity contribution in [1.29, 1.82) is 0 Å². The third-order valence-electron chi connectivity index (χ3n) is 3.56. The van der Waals surface area contributed by atoms with Crippen molar-refractivity contribution in [2.45, 2.75) is 25.3 Å². The molecule has 1 aromatic heterocycles. The number of hydrogen-bond donors (Lipinski definition) is 1. The number of carbonyl (C=O) groups is 1. The maximum absolute atomic E-state index is 11.4. The summed E-state index contributed by atoms with van der Waals surface area (Å²) in [4.78, 5) is 11.4. The van der Waals surface area contributed by atoms with Gasteiger partial charge in [-0.3, -0.25) is 0 Å². The summed E-state index contributed by atoms with van der Waals surface area (Å²) in [5.74, 6) is 0.153. The number of carboxylic acid groups (broad SMARTS) is 1. The van der Waals surface area contributed by atoms with E-state index in [1.165, 1.54) is 4.68 Å². The maximum Gasteiger partial charge on any atom is 0.331 e. The van der Waals surface area contributed by atoms with E-state index in [2.05, 4.69) is 15.5 Å². The van der Waals surface area contributed by atoms with Gasteiger partial charge in [-0.15, -0.1) is 5.10 Å². The van der Waals surface area contributed by atoms with Gasteiger partial charge >= 0.3 is 5.97 Å². The molecule has 7 heteroatoms. The monoisotopic (exact) mass is 274 g/mol. The molecule has 2 heterocycles. The molecule has 104 valence electrons. The Morgan fingerprint density at radius 3 is 2.95 bits per heavy atom. The molecule has 0 bridgehead atoms. The van der Waals surface area contributed by atoms with Gasteiger partial charge in [0.25, 0.3) is 0 Å². The highest BCUT2D eigenvalue weighted by molar-refractivity contribution is 5.75. The van der Waals surface area contributed by atoms with E-state index in [0.717, 1.165) is 11.3 Å². The average molecular weight is 274 g/mol. The van der Waals surface area contributed by atoms with E-state index in [-0.39, 0.29) is 5.92 Å². The van der Waals surface area contributed by atoms with Crippen LogP contribution in [0.25, 0.3) is 0 Å². The van der Waals surface area contributed by atoms with E-state index < -0.39 is 11.5 Å². The molecule has 2 aromatic rings. The van der Waals surface area contributed by atoms with Crippen LogP contribution in [0.2, 0.25) is 0 Å². The fourth-order valence-electron chi connectivity index (χ4n) is 2.28. The van der Waals surface area contributed by atoms with Crippen LogP contribution in [0, 0.1) is 0 Å². The Bertz CT molecular complexity index is 665. The van der Waals surface area contributed by atoms with Crippen molar-refractivity contribution < 1.29 is 14.6 Å². The number of tetrazole rings is 1. The lowest BCUT2D eigenvalue weighted by molar-refractivity contribution is -0.146. The third-order valence-corrected chi connectivity index (χ3v) is 3.56. The Morgan fingerprint density at radius 1 is 1.45 bits per heavy atom. The molecular weight excluding hydrogens is 260 g/mol. The molecule has 0 aliphatic carbocycles. The minimum atomic E-state index is -1.21. The van der Waals surface area contributed by atoms with Crippen LogP contribution >= 0.6 is 0 Å². The van der Waals surface area contributed by atoms with Crippen molar-refractivity contribution >= 4 is 5.97 Å². The molecule has 1 aliphatic rings. The number of para-hydroxylation sites is 1. The first kappa shape index (κ1) is 12.6. The molecule has 0 spiro atoms. The number of carboxylic acids is 1. The summed E-state index contributed by atoms with van der Waals surface area (Å²) < 4.78 is 6.96. The fraction of sp³-hybridized carbons (Fsp3) is 0.385. The number of aliphatic carboxylic acids is 1. The van der Waals surface area contributed by atoms with Crippen molar-refractivity contribution in [1.82, 2.24) is 20.2 Å². The van der Waals surface area contributed by atoms with Crippen LogP contribution in [0.1, 0.15) is 31.2 Å². The molecule has 0 fully saturated rings. The molecule has 0 amide bonds. The Labute approximate surface area is 115 Å². The number of benzene rings is 1. The smallest absolute Gasteiger partial charge is 0.331 e. The summed E-state index contributed by atoms with van der Waals surface area (Å²) in [6.07, 6.45) is 0. The molecule has 1 aliphatic heterocycles. The second-order valence-corrected chi connectivity index (χ2v) is 5.21. The van der Waals surface area contributed by atoms with E-state index in [1.807, 2.05) is 24.3 Å². The molecular formula is C13H14N4O3. The summed E-state index contributed by atoms with van der Waals surface area (Å²) >= 11 is 0. The Kier molecular flexibility index (Phi) is 2.70. The molecule has 20 heavy (non-hydrogen) atoms. The van der Waals surface area contributed by atoms with Gasteiger partial charge in [0, 0.05) is 5.56 Å². The first-order valence-electron chi connectivity index (χ1n) is 6.25. The molecule has 7 nitrogen and oxygen atoms in total. The molecule has 0 radical (unpaired) electrons. The molecule has 1 N–H and O–H groups in total. The lowest BCUT2D eigenvalue weighted by Gasteiger charge is -2.22. The van der Waals surface area contributed by atoms with Crippen LogP contribution in [0.5, 0.6) is 5.75 Å². The highest BCUT2D eigenvalue weighted by Crippen LogP contribution is 2.37. The summed E-state index contributed by atoms with van der Waals surface area (Å²) in [5.41, 5.74) is -0.235. The van der Waals surface area contributed by atoms with E-state index >= 15 is 0 Å². The van der Waals surface area contributed by atoms with Crippen molar-refractivity contribution in [2.24, 2.45) is 0 Å². The molecule has 1 aromatic carbocycles. The van der Waals surface area contributed by atoms with Crippen LogP contribution in [-0.2, 0) is 10.3 Å². The number of hydrogen-bond acceptors (Lipinski definition) is 5. The van der Waals surface area contributed by atoms with Gasteiger partial charge in [0.2, 0.25) is 0 Å². The first-order valence-corrected chi connectivity index (χ1v) is 6.25. The summed E-state index contributed by atoms with van der Waals surface area (Å²) in [7, 11) is 0. The Balaban J connectivity index is 2.06. The largest absolute Gasteiger partial charge is 0.492 e. The standard InChI is InChI=1S/C13H14N4O3/c1-13(2,12(18)19)17-11(14-15-16-17)9-7-20-10-6-4-3-5-8(9)10/h3-6,9H,7H2,1-2H3,(H,18,19). The number of rotatable bonds is 3. The summed E-state index contributed by atoms with van der Waals surface area (Å²) in [6.45, 7) is 3.54. The molecule has 1 atom stereocenters. The SMILES string of the molecule is CC(C)(C(=O)O)n1nnnc1C1COc2ccccc21. The van der Waals surface area contributed by atoms with Crippen LogP contribution in [0.4, 0.5) is 0 Å². The van der Waals surface area contributed by atoms with E-state index in [9.17, 15) is 9.90 Å². The minimum absolute atomic E-state index is 0.153. The second-order valence-electron chi connectivity index (χ2n) is 5.21. The van der Waals surface area contributed by atoms with Crippen molar-refractivity contribution in [2.75, 3.05) is 6.61 Å². The predicted octanol–water partition coefficient (Wildman–Crippen LogP) is 1.02.